The molecular weight excluding hydrogens is 328 g/mol. The summed E-state index contributed by atoms with van der Waals surface area (Å²) in [6.07, 6.45) is 0. The predicted octanol–water partition coefficient (Wildman–Crippen LogP) is 6.82. The molecule has 120 valence electrons. The maximum atomic E-state index is 10.3. The Morgan fingerprint density at radius 3 is 1.68 bits per heavy atom. The van der Waals surface area contributed by atoms with Crippen molar-refractivity contribution >= 4 is 32.9 Å². The van der Waals surface area contributed by atoms with Gasteiger partial charge in [0, 0.05) is 5.56 Å². The van der Waals surface area contributed by atoms with Crippen molar-refractivity contribution in [2.75, 3.05) is 0 Å². The van der Waals surface area contributed by atoms with Gasteiger partial charge in [-0.2, -0.15) is 0 Å². The molecule has 0 saturated carbocycles. The Labute approximate surface area is 146 Å². The Hall–Kier alpha value is -0.710. The fourth-order valence-electron chi connectivity index (χ4n) is 2.58. The van der Waals surface area contributed by atoms with Gasteiger partial charge in [0.15, 0.2) is 0 Å². The fraction of sp³-hybridized carbons (Fsp3) is 0.500. The maximum Gasteiger partial charge on any atom is 0.116 e. The summed E-state index contributed by atoms with van der Waals surface area (Å²) in [6, 6.07) is 3.83. The molecule has 1 nitrogen and oxygen atoms in total. The molecule has 0 amide bonds. The van der Waals surface area contributed by atoms with Crippen LogP contribution in [0, 0.1) is 10.7 Å². The van der Waals surface area contributed by atoms with E-state index in [1.165, 1.54) is 27.1 Å². The minimum absolute atomic E-state index is 0.0449. The Bertz CT molecular complexity index is 717. The van der Waals surface area contributed by atoms with Gasteiger partial charge in [-0.05, 0) is 46.6 Å². The average molecular weight is 353 g/mol. The first-order chi connectivity index (χ1) is 9.93. The molecule has 0 aliphatic carbocycles. The van der Waals surface area contributed by atoms with Crippen LogP contribution < -0.4 is 0 Å². The minimum atomic E-state index is -0.0449. The van der Waals surface area contributed by atoms with Crippen molar-refractivity contribution < 1.29 is 5.11 Å². The molecule has 22 heavy (non-hydrogen) atoms. The largest absolute Gasteiger partial charge is 0.508 e. The lowest BCUT2D eigenvalue weighted by Gasteiger charge is -2.30. The first-order valence-corrected chi connectivity index (χ1v) is 9.97. The average Bonchev–Trinajstić information content (AvgIpc) is 2.67. The van der Waals surface area contributed by atoms with Crippen LogP contribution in [0.1, 0.15) is 58.2 Å². The standard InChI is InChI=1S/C18H24OS3/c1-10-15(21-22-16(10)20)14-12(17(2,3)4)8-11(19)9-13(14)18(5,6)7/h8-9,19H,1-7H3. The molecule has 1 N–H and O–H groups in total. The van der Waals surface area contributed by atoms with Gasteiger partial charge >= 0.3 is 0 Å². The highest BCUT2D eigenvalue weighted by atomic mass is 32.9. The predicted molar refractivity (Wildman–Crippen MR) is 102 cm³/mol. The lowest BCUT2D eigenvalue weighted by molar-refractivity contribution is 0.466. The lowest BCUT2D eigenvalue weighted by Crippen LogP contribution is -2.19. The van der Waals surface area contributed by atoms with E-state index in [1.807, 2.05) is 12.1 Å². The zero-order chi connectivity index (χ0) is 16.9. The third-order valence-corrected chi connectivity index (χ3v) is 7.15. The second-order valence-electron chi connectivity index (χ2n) is 7.82. The van der Waals surface area contributed by atoms with Gasteiger partial charge in [-0.15, -0.1) is 0 Å². The van der Waals surface area contributed by atoms with Crippen LogP contribution in [0.25, 0.3) is 10.4 Å². The lowest BCUT2D eigenvalue weighted by atomic mass is 9.75. The number of hydrogen-bond acceptors (Lipinski definition) is 4. The molecule has 1 heterocycles. The van der Waals surface area contributed by atoms with Gasteiger partial charge in [0.25, 0.3) is 0 Å². The van der Waals surface area contributed by atoms with E-state index in [0.29, 0.717) is 5.75 Å². The van der Waals surface area contributed by atoms with Crippen LogP contribution in [0.3, 0.4) is 0 Å². The topological polar surface area (TPSA) is 20.2 Å². The van der Waals surface area contributed by atoms with E-state index in [9.17, 15) is 5.11 Å². The number of phenols is 1. The second kappa shape index (κ2) is 5.73. The van der Waals surface area contributed by atoms with Crippen LogP contribution in [0.2, 0.25) is 0 Å². The van der Waals surface area contributed by atoms with Gasteiger partial charge in [0.2, 0.25) is 0 Å². The zero-order valence-corrected chi connectivity index (χ0v) is 16.8. The van der Waals surface area contributed by atoms with Crippen molar-refractivity contribution in [3.05, 3.63) is 32.6 Å². The molecule has 4 heteroatoms. The van der Waals surface area contributed by atoms with E-state index in [1.54, 1.807) is 20.7 Å². The highest BCUT2D eigenvalue weighted by Gasteiger charge is 2.29. The van der Waals surface area contributed by atoms with Crippen LogP contribution >= 0.6 is 32.9 Å². The summed E-state index contributed by atoms with van der Waals surface area (Å²) in [6.45, 7) is 15.3. The third kappa shape index (κ3) is 3.29. The monoisotopic (exact) mass is 352 g/mol. The third-order valence-electron chi connectivity index (χ3n) is 3.81. The minimum Gasteiger partial charge on any atom is -0.508 e. The first kappa shape index (κ1) is 17.6. The van der Waals surface area contributed by atoms with Gasteiger partial charge in [0.05, 0.1) is 4.88 Å². The molecule has 1 aromatic heterocycles. The Morgan fingerprint density at radius 2 is 1.36 bits per heavy atom. The molecule has 2 rings (SSSR count). The molecule has 0 radical (unpaired) electrons. The number of benzene rings is 1. The number of phenolic OH excluding ortho intramolecular Hbond substituents is 1. The molecule has 2 aromatic rings. The van der Waals surface area contributed by atoms with Crippen LogP contribution in [-0.4, -0.2) is 5.11 Å². The van der Waals surface area contributed by atoms with Crippen LogP contribution in [0.5, 0.6) is 5.75 Å². The summed E-state index contributed by atoms with van der Waals surface area (Å²) in [5, 5.41) is 10.3. The Balaban J connectivity index is 2.96. The molecule has 1 aromatic carbocycles. The van der Waals surface area contributed by atoms with Gasteiger partial charge in [-0.3, -0.25) is 0 Å². The number of hydrogen-bond donors (Lipinski definition) is 1. The van der Waals surface area contributed by atoms with Gasteiger partial charge < -0.3 is 5.11 Å². The van der Waals surface area contributed by atoms with Crippen molar-refractivity contribution in [1.82, 2.24) is 0 Å². The normalized spacial score (nSPS) is 12.7. The molecule has 0 fully saturated rings. The van der Waals surface area contributed by atoms with Crippen LogP contribution in [0.15, 0.2) is 12.1 Å². The van der Waals surface area contributed by atoms with Crippen molar-refractivity contribution in [3.63, 3.8) is 0 Å². The van der Waals surface area contributed by atoms with Crippen molar-refractivity contribution in [1.29, 1.82) is 0 Å². The van der Waals surface area contributed by atoms with E-state index >= 15 is 0 Å². The second-order valence-corrected chi connectivity index (χ2v) is 10.6. The summed E-state index contributed by atoms with van der Waals surface area (Å²) in [5.74, 6) is 0.343. The van der Waals surface area contributed by atoms with Crippen LogP contribution in [-0.2, 0) is 10.8 Å². The van der Waals surface area contributed by atoms with E-state index in [-0.39, 0.29) is 10.8 Å². The summed E-state index contributed by atoms with van der Waals surface area (Å²) in [5.41, 5.74) is 4.72. The highest BCUT2D eigenvalue weighted by Crippen LogP contribution is 2.46. The summed E-state index contributed by atoms with van der Waals surface area (Å²) < 4.78 is 0.966. The highest BCUT2D eigenvalue weighted by molar-refractivity contribution is 7.80. The van der Waals surface area contributed by atoms with Gasteiger partial charge in [-0.1, -0.05) is 74.4 Å². The number of rotatable bonds is 1. The summed E-state index contributed by atoms with van der Waals surface area (Å²) >= 11 is 5.45. The van der Waals surface area contributed by atoms with E-state index in [0.717, 1.165) is 3.82 Å². The molecule has 0 aliphatic heterocycles. The quantitative estimate of drug-likeness (QED) is 0.449. The SMILES string of the molecule is Cc1c(-c2c(C(C)(C)C)cc(O)cc2C(C)(C)C)ssc1=S. The van der Waals surface area contributed by atoms with Gasteiger partial charge in [-0.25, -0.2) is 0 Å². The van der Waals surface area contributed by atoms with E-state index in [2.05, 4.69) is 48.5 Å². The molecule has 0 aliphatic rings. The van der Waals surface area contributed by atoms with Crippen molar-refractivity contribution in [2.45, 2.75) is 59.3 Å². The molecule has 0 spiro atoms. The van der Waals surface area contributed by atoms with E-state index in [4.69, 9.17) is 12.2 Å². The molecule has 0 atom stereocenters. The first-order valence-electron chi connectivity index (χ1n) is 7.41. The maximum absolute atomic E-state index is 10.3. The van der Waals surface area contributed by atoms with Gasteiger partial charge in [0.1, 0.15) is 9.57 Å². The van der Waals surface area contributed by atoms with E-state index < -0.39 is 0 Å². The molecule has 0 unspecified atom stereocenters. The Kier molecular flexibility index (Phi) is 4.60. The fourth-order valence-corrected chi connectivity index (χ4v) is 5.51. The van der Waals surface area contributed by atoms with Crippen molar-refractivity contribution in [2.24, 2.45) is 0 Å². The summed E-state index contributed by atoms with van der Waals surface area (Å²) in [7, 11) is 3.41. The van der Waals surface area contributed by atoms with Crippen LogP contribution in [0.4, 0.5) is 0 Å². The molecular formula is C18H24OS3. The zero-order valence-electron chi connectivity index (χ0n) is 14.3. The van der Waals surface area contributed by atoms with Crippen molar-refractivity contribution in [3.8, 4) is 16.2 Å². The number of aromatic hydroxyl groups is 1. The summed E-state index contributed by atoms with van der Waals surface area (Å²) in [4.78, 5) is 1.25. The molecule has 0 saturated heterocycles. The molecule has 0 bridgehead atoms. The Morgan fingerprint density at radius 1 is 0.909 bits per heavy atom. The smallest absolute Gasteiger partial charge is 0.116 e.